The zero-order valence-electron chi connectivity index (χ0n) is 15.0. The standard InChI is InChI=1S/C20H17FN5O2/c1-20(27,11-14-4-2-5-15(21)10-14)8-7-16-13-26(22)18(12-23-16)24-19(25-26)17-6-3-9-28-17/h2-6,9-10,12-13,27H,11,22H2,1H3/q+1. The summed E-state index contributed by atoms with van der Waals surface area (Å²) in [7, 11) is 0. The largest absolute Gasteiger partial charge is 0.461 e. The van der Waals surface area contributed by atoms with E-state index in [4.69, 9.17) is 10.3 Å². The first kappa shape index (κ1) is 18.0. The first-order valence-electron chi connectivity index (χ1n) is 8.51. The highest BCUT2D eigenvalue weighted by molar-refractivity contribution is 6.31. The maximum absolute atomic E-state index is 13.3. The van der Waals surface area contributed by atoms with Gasteiger partial charge >= 0.3 is 0 Å². The molecule has 0 radical (unpaired) electrons. The van der Waals surface area contributed by atoms with Crippen LogP contribution in [0.1, 0.15) is 18.2 Å². The Morgan fingerprint density at radius 2 is 2.18 bits per heavy atom. The van der Waals surface area contributed by atoms with Crippen molar-refractivity contribution in [1.82, 2.24) is 0 Å². The lowest BCUT2D eigenvalue weighted by molar-refractivity contribution is -0.803. The number of quaternary nitrogens is 1. The molecule has 2 aliphatic rings. The lowest BCUT2D eigenvalue weighted by atomic mass is 9.97. The molecule has 1 aromatic carbocycles. The molecule has 28 heavy (non-hydrogen) atoms. The van der Waals surface area contributed by atoms with Crippen molar-refractivity contribution in [3.8, 4) is 11.8 Å². The second kappa shape index (κ2) is 6.65. The molecule has 0 saturated heterocycles. The van der Waals surface area contributed by atoms with Gasteiger partial charge < -0.3 is 9.52 Å². The van der Waals surface area contributed by atoms with Gasteiger partial charge in [0.25, 0.3) is 11.7 Å². The highest BCUT2D eigenvalue weighted by Crippen LogP contribution is 2.21. The summed E-state index contributed by atoms with van der Waals surface area (Å²) in [5.74, 6) is 12.8. The van der Waals surface area contributed by atoms with Gasteiger partial charge in [0.15, 0.2) is 17.7 Å². The molecule has 2 aromatic rings. The molecule has 8 heteroatoms. The van der Waals surface area contributed by atoms with Crippen molar-refractivity contribution >= 4 is 17.9 Å². The van der Waals surface area contributed by atoms with Gasteiger partial charge in [0.1, 0.15) is 17.6 Å². The van der Waals surface area contributed by atoms with E-state index in [1.807, 2.05) is 0 Å². The van der Waals surface area contributed by atoms with Crippen molar-refractivity contribution in [3.05, 3.63) is 71.7 Å². The first-order chi connectivity index (χ1) is 13.3. The van der Waals surface area contributed by atoms with E-state index in [1.165, 1.54) is 30.8 Å². The lowest BCUT2D eigenvalue weighted by Crippen LogP contribution is -2.50. The quantitative estimate of drug-likeness (QED) is 0.486. The predicted octanol–water partition coefficient (Wildman–Crippen LogP) is 2.11. The van der Waals surface area contributed by atoms with Crippen molar-refractivity contribution in [2.24, 2.45) is 20.9 Å². The molecular weight excluding hydrogens is 361 g/mol. The number of hydrogen-bond acceptors (Lipinski definition) is 6. The Balaban J connectivity index is 1.56. The zero-order chi connectivity index (χ0) is 19.8. The van der Waals surface area contributed by atoms with Crippen LogP contribution < -0.4 is 5.84 Å². The van der Waals surface area contributed by atoms with Crippen LogP contribution in [0.4, 0.5) is 4.39 Å². The van der Waals surface area contributed by atoms with Crippen molar-refractivity contribution in [3.63, 3.8) is 0 Å². The first-order valence-corrected chi connectivity index (χ1v) is 8.51. The van der Waals surface area contributed by atoms with Gasteiger partial charge in [-0.25, -0.2) is 9.38 Å². The van der Waals surface area contributed by atoms with Crippen molar-refractivity contribution in [2.75, 3.05) is 0 Å². The van der Waals surface area contributed by atoms with Gasteiger partial charge in [-0.2, -0.15) is 4.99 Å². The second-order valence-electron chi connectivity index (χ2n) is 6.71. The van der Waals surface area contributed by atoms with E-state index in [1.54, 1.807) is 31.2 Å². The highest BCUT2D eigenvalue weighted by atomic mass is 19.1. The minimum atomic E-state index is -1.37. The van der Waals surface area contributed by atoms with Gasteiger partial charge in [-0.3, -0.25) is 0 Å². The van der Waals surface area contributed by atoms with E-state index >= 15 is 0 Å². The number of allylic oxidation sites excluding steroid dienone is 1. The number of halogens is 1. The average Bonchev–Trinajstić information content (AvgIpc) is 3.26. The molecule has 2 aliphatic heterocycles. The number of aliphatic hydroxyl groups is 1. The molecule has 0 amide bonds. The molecule has 2 unspecified atom stereocenters. The number of nitrogens with two attached hydrogens (primary N) is 1. The molecule has 0 fully saturated rings. The topological polar surface area (TPSA) is 96.5 Å². The molecule has 3 N–H and O–H groups in total. The SMILES string of the molecule is CC(O)(C#CC1=C[N+]2(N)N=C(c3ccco3)N=C2C=N1)Cc1cccc(F)c1. The summed E-state index contributed by atoms with van der Waals surface area (Å²) in [4.78, 5) is 8.54. The summed E-state index contributed by atoms with van der Waals surface area (Å²) in [6.45, 7) is 1.56. The smallest absolute Gasteiger partial charge is 0.300 e. The van der Waals surface area contributed by atoms with Crippen molar-refractivity contribution < 1.29 is 18.6 Å². The van der Waals surface area contributed by atoms with Gasteiger partial charge in [0, 0.05) is 6.42 Å². The molecule has 4 rings (SSSR count). The number of fused-ring (bicyclic) bond motifs is 1. The van der Waals surface area contributed by atoms with Gasteiger partial charge in [-0.1, -0.05) is 18.1 Å². The number of furan rings is 1. The van der Waals surface area contributed by atoms with Crippen LogP contribution >= 0.6 is 0 Å². The molecule has 7 nitrogen and oxygen atoms in total. The maximum atomic E-state index is 13.3. The van der Waals surface area contributed by atoms with Crippen molar-refractivity contribution in [2.45, 2.75) is 18.9 Å². The Morgan fingerprint density at radius 1 is 1.32 bits per heavy atom. The summed E-state index contributed by atoms with van der Waals surface area (Å²) < 4.78 is 18.2. The molecule has 0 bridgehead atoms. The zero-order valence-corrected chi connectivity index (χ0v) is 15.0. The highest BCUT2D eigenvalue weighted by Gasteiger charge is 2.39. The molecule has 0 aliphatic carbocycles. The van der Waals surface area contributed by atoms with E-state index in [-0.39, 0.29) is 12.2 Å². The van der Waals surface area contributed by atoms with Crippen LogP contribution in [-0.4, -0.2) is 33.3 Å². The fraction of sp³-hybridized carbons (Fsp3) is 0.150. The van der Waals surface area contributed by atoms with Gasteiger partial charge in [-0.05, 0) is 52.5 Å². The fourth-order valence-electron chi connectivity index (χ4n) is 2.84. The summed E-state index contributed by atoms with van der Waals surface area (Å²) in [5.41, 5.74) is -0.388. The van der Waals surface area contributed by atoms with Crippen LogP contribution in [0.25, 0.3) is 0 Å². The lowest BCUT2D eigenvalue weighted by Gasteiger charge is -2.19. The number of nitrogens with zero attached hydrogens (tertiary/aromatic N) is 4. The van der Waals surface area contributed by atoms with Crippen LogP contribution in [0.3, 0.4) is 0 Å². The number of amidine groups is 2. The summed E-state index contributed by atoms with van der Waals surface area (Å²) in [6.07, 6.45) is 4.70. The van der Waals surface area contributed by atoms with Crippen LogP contribution in [0.5, 0.6) is 0 Å². The minimum absolute atomic E-state index is 0.172. The Labute approximate surface area is 160 Å². The predicted molar refractivity (Wildman–Crippen MR) is 102 cm³/mol. The number of hydrogen-bond donors (Lipinski definition) is 2. The molecule has 3 heterocycles. The molecule has 2 atom stereocenters. The third kappa shape index (κ3) is 3.68. The molecule has 0 saturated carbocycles. The monoisotopic (exact) mass is 378 g/mol. The van der Waals surface area contributed by atoms with Crippen LogP contribution in [0, 0.1) is 17.7 Å². The molecule has 140 valence electrons. The number of aliphatic imine (C=N–C) groups is 2. The molecular formula is C20H17FN5O2+. The third-order valence-corrected chi connectivity index (χ3v) is 4.12. The summed E-state index contributed by atoms with van der Waals surface area (Å²) >= 11 is 0. The van der Waals surface area contributed by atoms with E-state index in [9.17, 15) is 9.50 Å². The summed E-state index contributed by atoms with van der Waals surface area (Å²) in [6, 6.07) is 9.51. The van der Waals surface area contributed by atoms with E-state index in [0.717, 1.165) is 0 Å². The van der Waals surface area contributed by atoms with Crippen molar-refractivity contribution in [1.29, 1.82) is 0 Å². The van der Waals surface area contributed by atoms with E-state index in [0.29, 0.717) is 28.7 Å². The normalized spacial score (nSPS) is 22.4. The van der Waals surface area contributed by atoms with Crippen LogP contribution in [-0.2, 0) is 6.42 Å². The Hall–Kier alpha value is -3.38. The van der Waals surface area contributed by atoms with E-state index < -0.39 is 10.3 Å². The third-order valence-electron chi connectivity index (χ3n) is 4.12. The Bertz CT molecular complexity index is 1100. The van der Waals surface area contributed by atoms with Gasteiger partial charge in [0.2, 0.25) is 0 Å². The fourth-order valence-corrected chi connectivity index (χ4v) is 2.84. The van der Waals surface area contributed by atoms with Gasteiger partial charge in [0.05, 0.1) is 6.26 Å². The molecule has 0 spiro atoms. The van der Waals surface area contributed by atoms with Crippen LogP contribution in [0.15, 0.2) is 74.1 Å². The Kier molecular flexibility index (Phi) is 4.28. The van der Waals surface area contributed by atoms with Gasteiger partial charge in [-0.15, -0.1) is 5.84 Å². The summed E-state index contributed by atoms with van der Waals surface area (Å²) in [5, 5.41) is 14.9. The molecule has 1 aromatic heterocycles. The van der Waals surface area contributed by atoms with Crippen LogP contribution in [0.2, 0.25) is 0 Å². The number of rotatable bonds is 3. The number of benzene rings is 1. The van der Waals surface area contributed by atoms with E-state index in [2.05, 4.69) is 26.9 Å². The minimum Gasteiger partial charge on any atom is -0.461 e. The average molecular weight is 378 g/mol. The second-order valence-corrected chi connectivity index (χ2v) is 6.71. The Morgan fingerprint density at radius 3 is 2.93 bits per heavy atom. The maximum Gasteiger partial charge on any atom is 0.300 e.